The number of carbonyl (C=O) groups excluding carboxylic acids is 3. The van der Waals surface area contributed by atoms with Gasteiger partial charge in [-0.25, -0.2) is 4.79 Å². The van der Waals surface area contributed by atoms with Crippen LogP contribution in [0.15, 0.2) is 24.3 Å². The van der Waals surface area contributed by atoms with Crippen LogP contribution in [0.2, 0.25) is 0 Å². The summed E-state index contributed by atoms with van der Waals surface area (Å²) in [7, 11) is 1.17. The van der Waals surface area contributed by atoms with Crippen LogP contribution in [0.5, 0.6) is 0 Å². The molecule has 7 nitrogen and oxygen atoms in total. The van der Waals surface area contributed by atoms with Crippen LogP contribution in [0.1, 0.15) is 5.56 Å². The summed E-state index contributed by atoms with van der Waals surface area (Å²) in [4.78, 5) is 34.6. The number of anilines is 1. The molecule has 23 heavy (non-hydrogen) atoms. The molecule has 0 unspecified atom stereocenters. The molecule has 0 fully saturated rings. The van der Waals surface area contributed by atoms with Gasteiger partial charge in [0.2, 0.25) is 11.8 Å². The molecule has 0 aliphatic carbocycles. The predicted octanol–water partition coefficient (Wildman–Crippen LogP) is 0.317. The number of amides is 2. The lowest BCUT2D eigenvalue weighted by Gasteiger charge is -2.13. The Balaban J connectivity index is 2.31. The number of esters is 1. The molecule has 0 spiro atoms. The summed E-state index contributed by atoms with van der Waals surface area (Å²) in [5, 5.41) is 14.1. The van der Waals surface area contributed by atoms with Crippen molar-refractivity contribution in [3.05, 3.63) is 29.8 Å². The van der Waals surface area contributed by atoms with E-state index in [1.807, 2.05) is 25.1 Å². The van der Waals surface area contributed by atoms with E-state index in [2.05, 4.69) is 15.4 Å². The van der Waals surface area contributed by atoms with Gasteiger partial charge < -0.3 is 20.5 Å². The highest BCUT2D eigenvalue weighted by molar-refractivity contribution is 8.00. The molecule has 1 atom stereocenters. The minimum Gasteiger partial charge on any atom is -0.467 e. The van der Waals surface area contributed by atoms with Crippen molar-refractivity contribution in [2.45, 2.75) is 13.0 Å². The molecule has 8 heteroatoms. The lowest BCUT2D eigenvalue weighted by Crippen LogP contribution is -2.44. The van der Waals surface area contributed by atoms with Crippen molar-refractivity contribution in [2.24, 2.45) is 0 Å². The first-order valence-corrected chi connectivity index (χ1v) is 8.04. The van der Waals surface area contributed by atoms with E-state index < -0.39 is 24.5 Å². The Labute approximate surface area is 138 Å². The summed E-state index contributed by atoms with van der Waals surface area (Å²) in [6.45, 7) is 1.38. The fourth-order valence-electron chi connectivity index (χ4n) is 1.71. The normalized spacial score (nSPS) is 11.4. The van der Waals surface area contributed by atoms with Gasteiger partial charge in [-0.15, -0.1) is 11.8 Å². The van der Waals surface area contributed by atoms with E-state index in [-0.39, 0.29) is 17.4 Å². The van der Waals surface area contributed by atoms with Gasteiger partial charge in [-0.3, -0.25) is 9.59 Å². The Morgan fingerprint density at radius 1 is 1.26 bits per heavy atom. The Hall–Kier alpha value is -2.06. The zero-order valence-electron chi connectivity index (χ0n) is 13.0. The van der Waals surface area contributed by atoms with Crippen LogP contribution in [0.3, 0.4) is 0 Å². The Morgan fingerprint density at radius 2 is 1.96 bits per heavy atom. The molecule has 0 aliphatic heterocycles. The summed E-state index contributed by atoms with van der Waals surface area (Å²) in [6, 6.07) is 6.30. The van der Waals surface area contributed by atoms with Crippen molar-refractivity contribution in [1.29, 1.82) is 0 Å². The van der Waals surface area contributed by atoms with Crippen molar-refractivity contribution in [3.63, 3.8) is 0 Å². The molecule has 1 aromatic rings. The van der Waals surface area contributed by atoms with Gasteiger partial charge in [0.15, 0.2) is 6.04 Å². The Bertz CT molecular complexity index is 565. The van der Waals surface area contributed by atoms with Crippen LogP contribution in [0.25, 0.3) is 0 Å². The number of benzene rings is 1. The first kappa shape index (κ1) is 19.0. The zero-order chi connectivity index (χ0) is 17.2. The number of hydrogen-bond donors (Lipinski definition) is 3. The monoisotopic (exact) mass is 340 g/mol. The number of aliphatic hydroxyl groups excluding tert-OH is 1. The van der Waals surface area contributed by atoms with E-state index in [0.29, 0.717) is 5.69 Å². The van der Waals surface area contributed by atoms with Crippen LogP contribution in [-0.4, -0.2) is 54.2 Å². The minimum atomic E-state index is -1.09. The second-order valence-corrected chi connectivity index (χ2v) is 5.72. The minimum absolute atomic E-state index is 0.00523. The lowest BCUT2D eigenvalue weighted by molar-refractivity contribution is -0.145. The molecule has 0 saturated heterocycles. The second-order valence-electron chi connectivity index (χ2n) is 4.74. The van der Waals surface area contributed by atoms with E-state index in [0.717, 1.165) is 17.3 Å². The van der Waals surface area contributed by atoms with E-state index in [1.54, 1.807) is 6.07 Å². The number of methoxy groups -OCH3 is 1. The highest BCUT2D eigenvalue weighted by Gasteiger charge is 2.20. The van der Waals surface area contributed by atoms with E-state index in [4.69, 9.17) is 5.11 Å². The number of carbonyl (C=O) groups is 3. The quantitative estimate of drug-likeness (QED) is 0.589. The molecule has 1 aromatic carbocycles. The molecule has 0 aromatic heterocycles. The van der Waals surface area contributed by atoms with Gasteiger partial charge in [0.05, 0.1) is 25.2 Å². The van der Waals surface area contributed by atoms with Crippen LogP contribution in [0, 0.1) is 6.92 Å². The van der Waals surface area contributed by atoms with Gasteiger partial charge in [-0.2, -0.15) is 0 Å². The highest BCUT2D eigenvalue weighted by Crippen LogP contribution is 2.10. The van der Waals surface area contributed by atoms with E-state index in [9.17, 15) is 14.4 Å². The number of rotatable bonds is 8. The fourth-order valence-corrected chi connectivity index (χ4v) is 2.34. The third-order valence-electron chi connectivity index (χ3n) is 2.77. The van der Waals surface area contributed by atoms with Gasteiger partial charge in [-0.1, -0.05) is 12.1 Å². The number of aliphatic hydroxyl groups is 1. The maximum absolute atomic E-state index is 11.8. The van der Waals surface area contributed by atoms with Crippen molar-refractivity contribution < 1.29 is 24.2 Å². The first-order chi connectivity index (χ1) is 11.0. The summed E-state index contributed by atoms with van der Waals surface area (Å²) in [5.41, 5.74) is 1.73. The lowest BCUT2D eigenvalue weighted by atomic mass is 10.2. The van der Waals surface area contributed by atoms with Gasteiger partial charge in [-0.05, 0) is 24.6 Å². The SMILES string of the molecule is COC(=O)[C@H](CO)NC(=O)CSCC(=O)Nc1cccc(C)c1. The molecule has 2 amide bonds. The van der Waals surface area contributed by atoms with Gasteiger partial charge in [0.25, 0.3) is 0 Å². The largest absolute Gasteiger partial charge is 0.467 e. The molecule has 0 saturated carbocycles. The highest BCUT2D eigenvalue weighted by atomic mass is 32.2. The second kappa shape index (κ2) is 9.86. The number of hydrogen-bond acceptors (Lipinski definition) is 6. The maximum Gasteiger partial charge on any atom is 0.330 e. The van der Waals surface area contributed by atoms with Crippen LogP contribution in [0.4, 0.5) is 5.69 Å². The van der Waals surface area contributed by atoms with E-state index >= 15 is 0 Å². The molecular weight excluding hydrogens is 320 g/mol. The third-order valence-corrected chi connectivity index (χ3v) is 3.70. The molecular formula is C15H20N2O5S. The number of nitrogens with one attached hydrogen (secondary N) is 2. The molecule has 0 aliphatic rings. The van der Waals surface area contributed by atoms with Crippen molar-refractivity contribution in [2.75, 3.05) is 30.5 Å². The number of thioether (sulfide) groups is 1. The molecule has 0 heterocycles. The summed E-state index contributed by atoms with van der Waals surface area (Å²) in [5.74, 6) is -1.30. The molecule has 126 valence electrons. The third kappa shape index (κ3) is 7.16. The predicted molar refractivity (Wildman–Crippen MR) is 88.2 cm³/mol. The first-order valence-electron chi connectivity index (χ1n) is 6.88. The number of ether oxygens (including phenoxy) is 1. The smallest absolute Gasteiger partial charge is 0.330 e. The van der Waals surface area contributed by atoms with Crippen molar-refractivity contribution in [3.8, 4) is 0 Å². The number of aryl methyl sites for hydroxylation is 1. The standard InChI is InChI=1S/C15H20N2O5S/c1-10-4-3-5-11(6-10)16-13(19)8-23-9-14(20)17-12(7-18)15(21)22-2/h3-6,12,18H,7-9H2,1-2H3,(H,16,19)(H,17,20)/t12-/m0/s1. The van der Waals surface area contributed by atoms with Crippen LogP contribution < -0.4 is 10.6 Å². The van der Waals surface area contributed by atoms with Crippen molar-refractivity contribution >= 4 is 35.2 Å². The molecule has 1 rings (SSSR count). The Morgan fingerprint density at radius 3 is 2.57 bits per heavy atom. The zero-order valence-corrected chi connectivity index (χ0v) is 13.8. The fraction of sp³-hybridized carbons (Fsp3) is 0.400. The summed E-state index contributed by atoms with van der Waals surface area (Å²) >= 11 is 1.11. The topological polar surface area (TPSA) is 105 Å². The molecule has 3 N–H and O–H groups in total. The Kier molecular flexibility index (Phi) is 8.14. The van der Waals surface area contributed by atoms with Gasteiger partial charge in [0, 0.05) is 5.69 Å². The van der Waals surface area contributed by atoms with Crippen LogP contribution >= 0.6 is 11.8 Å². The molecule has 0 radical (unpaired) electrons. The van der Waals surface area contributed by atoms with Crippen molar-refractivity contribution in [1.82, 2.24) is 5.32 Å². The van der Waals surface area contributed by atoms with Gasteiger partial charge in [0.1, 0.15) is 0 Å². The average molecular weight is 340 g/mol. The van der Waals surface area contributed by atoms with Gasteiger partial charge >= 0.3 is 5.97 Å². The molecule has 0 bridgehead atoms. The maximum atomic E-state index is 11.8. The van der Waals surface area contributed by atoms with E-state index in [1.165, 1.54) is 7.11 Å². The summed E-state index contributed by atoms with van der Waals surface area (Å²) in [6.07, 6.45) is 0. The summed E-state index contributed by atoms with van der Waals surface area (Å²) < 4.78 is 4.44. The average Bonchev–Trinajstić information content (AvgIpc) is 2.51. The van der Waals surface area contributed by atoms with Crippen LogP contribution in [-0.2, 0) is 19.1 Å².